The average molecular weight is 447 g/mol. The van der Waals surface area contributed by atoms with Gasteiger partial charge in [-0.1, -0.05) is 29.3 Å². The van der Waals surface area contributed by atoms with E-state index in [-0.39, 0.29) is 5.11 Å². The Labute approximate surface area is 183 Å². The number of amides is 1. The van der Waals surface area contributed by atoms with Gasteiger partial charge in [-0.3, -0.25) is 10.1 Å². The van der Waals surface area contributed by atoms with Gasteiger partial charge in [0.15, 0.2) is 5.11 Å². The van der Waals surface area contributed by atoms with Gasteiger partial charge in [-0.05, 0) is 66.8 Å². The van der Waals surface area contributed by atoms with E-state index in [9.17, 15) is 4.79 Å². The molecule has 1 heterocycles. The topological polar surface area (TPSA) is 63.5 Å². The first kappa shape index (κ1) is 20.9. The van der Waals surface area contributed by atoms with E-state index in [1.807, 2.05) is 0 Å². The van der Waals surface area contributed by atoms with Crippen LogP contribution < -0.4 is 15.4 Å². The second-order valence-electron chi connectivity index (χ2n) is 5.81. The molecule has 0 atom stereocenters. The van der Waals surface area contributed by atoms with Crippen LogP contribution in [0.5, 0.6) is 5.75 Å². The van der Waals surface area contributed by atoms with E-state index in [4.69, 9.17) is 44.6 Å². The molecule has 8 heteroatoms. The standard InChI is InChI=1S/C21H16Cl2N2O3S/c1-27-14-7-5-13(6-8-14)24-21(29)25-19(26)12-10-15-9-11-18(28-15)16-3-2-4-17(22)20(16)23/h2-12H,1H3,(H2,24,25,26,29). The number of nitrogens with one attached hydrogen (secondary N) is 2. The summed E-state index contributed by atoms with van der Waals surface area (Å²) >= 11 is 17.4. The van der Waals surface area contributed by atoms with E-state index in [2.05, 4.69) is 10.6 Å². The average Bonchev–Trinajstić information content (AvgIpc) is 3.18. The number of ether oxygens (including phenoxy) is 1. The van der Waals surface area contributed by atoms with Crippen LogP contribution in [-0.4, -0.2) is 18.1 Å². The Morgan fingerprint density at radius 2 is 1.86 bits per heavy atom. The zero-order chi connectivity index (χ0) is 20.8. The highest BCUT2D eigenvalue weighted by Gasteiger charge is 2.10. The molecule has 2 N–H and O–H groups in total. The van der Waals surface area contributed by atoms with Crippen LogP contribution in [0.3, 0.4) is 0 Å². The van der Waals surface area contributed by atoms with Crippen molar-refractivity contribution in [2.24, 2.45) is 0 Å². The van der Waals surface area contributed by atoms with Crippen molar-refractivity contribution >= 4 is 58.2 Å². The molecule has 3 aromatic rings. The fourth-order valence-corrected chi connectivity index (χ4v) is 3.04. The highest BCUT2D eigenvalue weighted by Crippen LogP contribution is 2.34. The molecule has 0 radical (unpaired) electrons. The lowest BCUT2D eigenvalue weighted by atomic mass is 10.2. The van der Waals surface area contributed by atoms with Crippen molar-refractivity contribution < 1.29 is 13.9 Å². The Morgan fingerprint density at radius 1 is 1.10 bits per heavy atom. The first-order valence-electron chi connectivity index (χ1n) is 8.44. The molecule has 0 fully saturated rings. The Hall–Kier alpha value is -2.80. The van der Waals surface area contributed by atoms with Gasteiger partial charge in [0.1, 0.15) is 17.3 Å². The van der Waals surface area contributed by atoms with E-state index in [1.54, 1.807) is 61.7 Å². The van der Waals surface area contributed by atoms with Crippen LogP contribution in [0.15, 0.2) is 65.1 Å². The number of halogens is 2. The van der Waals surface area contributed by atoms with Crippen LogP contribution in [-0.2, 0) is 4.79 Å². The first-order valence-corrected chi connectivity index (χ1v) is 9.61. The normalized spacial score (nSPS) is 10.7. The number of rotatable bonds is 5. The zero-order valence-corrected chi connectivity index (χ0v) is 17.6. The third-order valence-corrected chi connectivity index (χ3v) is 4.85. The van der Waals surface area contributed by atoms with E-state index in [0.29, 0.717) is 27.1 Å². The molecule has 148 valence electrons. The fourth-order valence-electron chi connectivity index (χ4n) is 2.43. The van der Waals surface area contributed by atoms with E-state index < -0.39 is 5.91 Å². The number of thiocarbonyl (C=S) groups is 1. The van der Waals surface area contributed by atoms with Gasteiger partial charge in [-0.15, -0.1) is 0 Å². The van der Waals surface area contributed by atoms with Crippen molar-refractivity contribution in [1.82, 2.24) is 5.32 Å². The predicted molar refractivity (Wildman–Crippen MR) is 121 cm³/mol. The molecule has 0 aliphatic rings. The molecule has 0 unspecified atom stereocenters. The summed E-state index contributed by atoms with van der Waals surface area (Å²) in [4.78, 5) is 12.1. The molecule has 1 aromatic heterocycles. The van der Waals surface area contributed by atoms with Crippen LogP contribution in [0, 0.1) is 0 Å². The maximum Gasteiger partial charge on any atom is 0.250 e. The number of carbonyl (C=O) groups is 1. The van der Waals surface area contributed by atoms with Gasteiger partial charge < -0.3 is 14.5 Å². The van der Waals surface area contributed by atoms with Crippen LogP contribution in [0.2, 0.25) is 10.0 Å². The van der Waals surface area contributed by atoms with Crippen molar-refractivity contribution in [3.05, 3.63) is 76.5 Å². The lowest BCUT2D eigenvalue weighted by molar-refractivity contribution is -0.115. The maximum absolute atomic E-state index is 12.1. The number of benzene rings is 2. The van der Waals surface area contributed by atoms with Crippen molar-refractivity contribution in [2.75, 3.05) is 12.4 Å². The summed E-state index contributed by atoms with van der Waals surface area (Å²) in [6.07, 6.45) is 2.86. The Balaban J connectivity index is 1.58. The summed E-state index contributed by atoms with van der Waals surface area (Å²) in [5.41, 5.74) is 1.40. The molecule has 0 aliphatic heterocycles. The number of hydrogen-bond acceptors (Lipinski definition) is 4. The van der Waals surface area contributed by atoms with Crippen molar-refractivity contribution in [3.8, 4) is 17.1 Å². The van der Waals surface area contributed by atoms with Gasteiger partial charge in [0.25, 0.3) is 0 Å². The largest absolute Gasteiger partial charge is 0.497 e. The van der Waals surface area contributed by atoms with Gasteiger partial charge >= 0.3 is 0 Å². The van der Waals surface area contributed by atoms with Gasteiger partial charge in [-0.25, -0.2) is 0 Å². The van der Waals surface area contributed by atoms with Gasteiger partial charge in [0.05, 0.1) is 17.2 Å². The monoisotopic (exact) mass is 446 g/mol. The minimum atomic E-state index is -0.394. The summed E-state index contributed by atoms with van der Waals surface area (Å²) in [6.45, 7) is 0. The first-order chi connectivity index (χ1) is 14.0. The summed E-state index contributed by atoms with van der Waals surface area (Å²) in [6, 6.07) is 15.9. The van der Waals surface area contributed by atoms with Crippen LogP contribution in [0.4, 0.5) is 5.69 Å². The lowest BCUT2D eigenvalue weighted by Crippen LogP contribution is -2.32. The molecule has 1 amide bonds. The molecule has 5 nitrogen and oxygen atoms in total. The number of anilines is 1. The van der Waals surface area contributed by atoms with Crippen LogP contribution in [0.25, 0.3) is 17.4 Å². The predicted octanol–water partition coefficient (Wildman–Crippen LogP) is 5.79. The number of carbonyl (C=O) groups excluding carboxylic acids is 1. The quantitative estimate of drug-likeness (QED) is 0.383. The summed E-state index contributed by atoms with van der Waals surface area (Å²) < 4.78 is 10.8. The second kappa shape index (κ2) is 9.60. The molecule has 0 spiro atoms. The van der Waals surface area contributed by atoms with E-state index in [0.717, 1.165) is 11.4 Å². The summed E-state index contributed by atoms with van der Waals surface area (Å²) in [7, 11) is 1.59. The highest BCUT2D eigenvalue weighted by atomic mass is 35.5. The molecule has 0 saturated heterocycles. The molecule has 0 bridgehead atoms. The fraction of sp³-hybridized carbons (Fsp3) is 0.0476. The molecule has 0 aliphatic carbocycles. The highest BCUT2D eigenvalue weighted by molar-refractivity contribution is 7.80. The number of methoxy groups -OCH3 is 1. The van der Waals surface area contributed by atoms with Crippen molar-refractivity contribution in [2.45, 2.75) is 0 Å². The Kier molecular flexibility index (Phi) is 6.93. The molecular formula is C21H16Cl2N2O3S. The minimum Gasteiger partial charge on any atom is -0.497 e. The van der Waals surface area contributed by atoms with Crippen molar-refractivity contribution in [3.63, 3.8) is 0 Å². The second-order valence-corrected chi connectivity index (χ2v) is 7.00. The summed E-state index contributed by atoms with van der Waals surface area (Å²) in [5.74, 6) is 1.37. The Morgan fingerprint density at radius 3 is 2.59 bits per heavy atom. The van der Waals surface area contributed by atoms with Crippen molar-refractivity contribution in [1.29, 1.82) is 0 Å². The molecular weight excluding hydrogens is 431 g/mol. The van der Waals surface area contributed by atoms with Gasteiger partial charge in [0, 0.05) is 17.3 Å². The molecule has 3 rings (SSSR count). The molecule has 29 heavy (non-hydrogen) atoms. The zero-order valence-electron chi connectivity index (χ0n) is 15.2. The molecule has 0 saturated carbocycles. The minimum absolute atomic E-state index is 0.177. The number of furan rings is 1. The smallest absolute Gasteiger partial charge is 0.250 e. The Bertz CT molecular complexity index is 1060. The third kappa shape index (κ3) is 5.60. The lowest BCUT2D eigenvalue weighted by Gasteiger charge is -2.08. The van der Waals surface area contributed by atoms with E-state index >= 15 is 0 Å². The van der Waals surface area contributed by atoms with Crippen LogP contribution in [0.1, 0.15) is 5.76 Å². The molecule has 2 aromatic carbocycles. The number of hydrogen-bond donors (Lipinski definition) is 2. The third-order valence-electron chi connectivity index (χ3n) is 3.83. The summed E-state index contributed by atoms with van der Waals surface area (Å²) in [5, 5.41) is 6.51. The van der Waals surface area contributed by atoms with Gasteiger partial charge in [-0.2, -0.15) is 0 Å². The SMILES string of the molecule is COc1ccc(NC(=S)NC(=O)C=Cc2ccc(-c3cccc(Cl)c3Cl)o2)cc1. The maximum atomic E-state index is 12.1. The van der Waals surface area contributed by atoms with E-state index in [1.165, 1.54) is 12.2 Å². The van der Waals surface area contributed by atoms with Crippen LogP contribution >= 0.6 is 35.4 Å². The van der Waals surface area contributed by atoms with Gasteiger partial charge in [0.2, 0.25) is 5.91 Å².